The average molecular weight is 381 g/mol. The Morgan fingerprint density at radius 1 is 0.963 bits per heavy atom. The minimum atomic E-state index is -3.81. The summed E-state index contributed by atoms with van der Waals surface area (Å²) in [5.74, 6) is -0.664. The third-order valence-electron chi connectivity index (χ3n) is 4.33. The van der Waals surface area contributed by atoms with Crippen LogP contribution in [0.15, 0.2) is 59.5 Å². The number of primary amides is 1. The van der Waals surface area contributed by atoms with Crippen LogP contribution in [-0.4, -0.2) is 24.1 Å². The SMILES string of the molecule is NC(=O)c1nn(-c2ccc(S(N)(=O)=O)cc2)c2c1ccc1ccc(N)cc12. The zero-order chi connectivity index (χ0) is 19.3. The van der Waals surface area contributed by atoms with Crippen molar-refractivity contribution in [1.29, 1.82) is 0 Å². The molecule has 8 nitrogen and oxygen atoms in total. The molecule has 4 rings (SSSR count). The van der Waals surface area contributed by atoms with Gasteiger partial charge in [-0.3, -0.25) is 4.79 Å². The molecule has 136 valence electrons. The number of carbonyl (C=O) groups excluding carboxylic acids is 1. The molecule has 0 spiro atoms. The van der Waals surface area contributed by atoms with Gasteiger partial charge in [-0.05, 0) is 47.9 Å². The standard InChI is InChI=1S/C18H15N5O3S/c19-11-3-1-10-2-8-14-16(18(20)24)22-23(17(14)15(10)9-11)12-4-6-13(7-5-12)27(21,25)26/h1-9H,19H2,(H2,20,24)(H2,21,25,26). The minimum absolute atomic E-state index is 0.0214. The van der Waals surface area contributed by atoms with Gasteiger partial charge >= 0.3 is 0 Å². The summed E-state index contributed by atoms with van der Waals surface area (Å²) in [6.07, 6.45) is 0. The number of primary sulfonamides is 1. The van der Waals surface area contributed by atoms with E-state index in [9.17, 15) is 13.2 Å². The van der Waals surface area contributed by atoms with Crippen molar-refractivity contribution in [2.24, 2.45) is 10.9 Å². The third kappa shape index (κ3) is 2.78. The minimum Gasteiger partial charge on any atom is -0.399 e. The molecule has 0 unspecified atom stereocenters. The van der Waals surface area contributed by atoms with E-state index in [-0.39, 0.29) is 10.6 Å². The highest BCUT2D eigenvalue weighted by Gasteiger charge is 2.18. The summed E-state index contributed by atoms with van der Waals surface area (Å²) >= 11 is 0. The lowest BCUT2D eigenvalue weighted by atomic mass is 10.0. The van der Waals surface area contributed by atoms with E-state index in [2.05, 4.69) is 5.10 Å². The van der Waals surface area contributed by atoms with Crippen molar-refractivity contribution in [3.63, 3.8) is 0 Å². The maximum atomic E-state index is 11.9. The summed E-state index contributed by atoms with van der Waals surface area (Å²) in [5, 5.41) is 11.8. The van der Waals surface area contributed by atoms with Gasteiger partial charge in [0.2, 0.25) is 10.0 Å². The molecule has 1 heterocycles. The average Bonchev–Trinajstić information content (AvgIpc) is 3.01. The van der Waals surface area contributed by atoms with Crippen molar-refractivity contribution in [2.45, 2.75) is 4.90 Å². The molecule has 6 N–H and O–H groups in total. The Morgan fingerprint density at radius 3 is 2.26 bits per heavy atom. The molecular formula is C18H15N5O3S. The highest BCUT2D eigenvalue weighted by molar-refractivity contribution is 7.89. The number of hydrogen-bond acceptors (Lipinski definition) is 5. The highest BCUT2D eigenvalue weighted by atomic mass is 32.2. The lowest BCUT2D eigenvalue weighted by Gasteiger charge is -2.08. The van der Waals surface area contributed by atoms with Gasteiger partial charge in [-0.2, -0.15) is 5.10 Å². The zero-order valence-electron chi connectivity index (χ0n) is 14.0. The first-order valence-electron chi connectivity index (χ1n) is 7.90. The molecule has 0 saturated heterocycles. The van der Waals surface area contributed by atoms with Crippen LogP contribution >= 0.6 is 0 Å². The van der Waals surface area contributed by atoms with Gasteiger partial charge in [-0.15, -0.1) is 0 Å². The predicted octanol–water partition coefficient (Wildman–Crippen LogP) is 1.51. The maximum Gasteiger partial charge on any atom is 0.269 e. The summed E-state index contributed by atoms with van der Waals surface area (Å²) in [4.78, 5) is 11.9. The van der Waals surface area contributed by atoms with Crippen LogP contribution in [0.1, 0.15) is 10.5 Å². The number of carbonyl (C=O) groups is 1. The summed E-state index contributed by atoms with van der Waals surface area (Å²) in [6.45, 7) is 0. The van der Waals surface area contributed by atoms with Crippen molar-refractivity contribution >= 4 is 43.3 Å². The number of sulfonamides is 1. The van der Waals surface area contributed by atoms with Crippen LogP contribution in [0.25, 0.3) is 27.4 Å². The van der Waals surface area contributed by atoms with Crippen molar-refractivity contribution in [1.82, 2.24) is 9.78 Å². The molecule has 0 aliphatic heterocycles. The number of fused-ring (bicyclic) bond motifs is 3. The van der Waals surface area contributed by atoms with E-state index in [0.717, 1.165) is 10.8 Å². The van der Waals surface area contributed by atoms with Crippen molar-refractivity contribution in [3.05, 3.63) is 60.3 Å². The van der Waals surface area contributed by atoms with Crippen LogP contribution in [0.5, 0.6) is 0 Å². The molecule has 27 heavy (non-hydrogen) atoms. The maximum absolute atomic E-state index is 11.9. The van der Waals surface area contributed by atoms with Gasteiger partial charge in [0, 0.05) is 16.5 Å². The molecule has 0 aliphatic rings. The molecule has 0 saturated carbocycles. The van der Waals surface area contributed by atoms with Crippen LogP contribution in [0.3, 0.4) is 0 Å². The van der Waals surface area contributed by atoms with Gasteiger partial charge in [0.1, 0.15) is 0 Å². The van der Waals surface area contributed by atoms with Crippen LogP contribution in [0.4, 0.5) is 5.69 Å². The molecule has 3 aromatic carbocycles. The smallest absolute Gasteiger partial charge is 0.269 e. The number of aromatic nitrogens is 2. The molecule has 4 aromatic rings. The molecule has 0 bridgehead atoms. The first kappa shape index (κ1) is 17.0. The first-order valence-corrected chi connectivity index (χ1v) is 9.44. The Morgan fingerprint density at radius 2 is 1.63 bits per heavy atom. The Labute approximate surface area is 154 Å². The number of rotatable bonds is 3. The fourth-order valence-electron chi connectivity index (χ4n) is 3.09. The summed E-state index contributed by atoms with van der Waals surface area (Å²) in [6, 6.07) is 14.9. The van der Waals surface area contributed by atoms with E-state index in [0.29, 0.717) is 22.3 Å². The second-order valence-corrected chi connectivity index (χ2v) is 7.67. The summed E-state index contributed by atoms with van der Waals surface area (Å²) in [7, 11) is -3.81. The molecule has 1 aromatic heterocycles. The molecule has 9 heteroatoms. The molecule has 1 amide bonds. The van der Waals surface area contributed by atoms with Gasteiger partial charge in [-0.25, -0.2) is 18.2 Å². The molecule has 0 fully saturated rings. The number of amides is 1. The number of hydrogen-bond donors (Lipinski definition) is 3. The van der Waals surface area contributed by atoms with E-state index < -0.39 is 15.9 Å². The summed E-state index contributed by atoms with van der Waals surface area (Å²) < 4.78 is 24.5. The van der Waals surface area contributed by atoms with Gasteiger partial charge in [0.15, 0.2) is 5.69 Å². The molecule has 0 radical (unpaired) electrons. The van der Waals surface area contributed by atoms with Crippen LogP contribution in [-0.2, 0) is 10.0 Å². The van der Waals surface area contributed by atoms with Gasteiger partial charge in [0.25, 0.3) is 5.91 Å². The Hall–Kier alpha value is -3.43. The van der Waals surface area contributed by atoms with Gasteiger partial charge < -0.3 is 11.5 Å². The van der Waals surface area contributed by atoms with Crippen LogP contribution in [0, 0.1) is 0 Å². The molecular weight excluding hydrogens is 366 g/mol. The Balaban J connectivity index is 2.07. The van der Waals surface area contributed by atoms with Crippen molar-refractivity contribution in [3.8, 4) is 5.69 Å². The van der Waals surface area contributed by atoms with Crippen LogP contribution in [0.2, 0.25) is 0 Å². The van der Waals surface area contributed by atoms with E-state index in [4.69, 9.17) is 16.6 Å². The second kappa shape index (κ2) is 5.79. The second-order valence-electron chi connectivity index (χ2n) is 6.11. The topological polar surface area (TPSA) is 147 Å². The van der Waals surface area contributed by atoms with Gasteiger partial charge in [0.05, 0.1) is 16.1 Å². The van der Waals surface area contributed by atoms with E-state index >= 15 is 0 Å². The lowest BCUT2D eigenvalue weighted by molar-refractivity contribution is 0.0996. The van der Waals surface area contributed by atoms with E-state index in [1.165, 1.54) is 12.1 Å². The third-order valence-corrected chi connectivity index (χ3v) is 5.26. The lowest BCUT2D eigenvalue weighted by Crippen LogP contribution is -2.13. The fraction of sp³-hybridized carbons (Fsp3) is 0. The normalized spacial score (nSPS) is 11.9. The summed E-state index contributed by atoms with van der Waals surface area (Å²) in [5.41, 5.74) is 13.3. The highest BCUT2D eigenvalue weighted by Crippen LogP contribution is 2.31. The van der Waals surface area contributed by atoms with E-state index in [1.54, 1.807) is 35.0 Å². The molecule has 0 atom stereocenters. The number of benzene rings is 3. The quantitative estimate of drug-likeness (QED) is 0.460. The number of nitrogens with zero attached hydrogens (tertiary/aromatic N) is 2. The van der Waals surface area contributed by atoms with Gasteiger partial charge in [-0.1, -0.05) is 12.1 Å². The fourth-order valence-corrected chi connectivity index (χ4v) is 3.61. The predicted molar refractivity (Wildman–Crippen MR) is 103 cm³/mol. The van der Waals surface area contributed by atoms with Crippen LogP contribution < -0.4 is 16.6 Å². The Bertz CT molecular complexity index is 1320. The van der Waals surface area contributed by atoms with Crippen molar-refractivity contribution < 1.29 is 13.2 Å². The first-order chi connectivity index (χ1) is 12.8. The van der Waals surface area contributed by atoms with Crippen molar-refractivity contribution in [2.75, 3.05) is 5.73 Å². The number of anilines is 1. The van der Waals surface area contributed by atoms with E-state index in [1.807, 2.05) is 12.1 Å². The Kier molecular flexibility index (Phi) is 3.65. The largest absolute Gasteiger partial charge is 0.399 e. The number of nitrogens with two attached hydrogens (primary N) is 3. The zero-order valence-corrected chi connectivity index (χ0v) is 14.8. The molecule has 0 aliphatic carbocycles. The monoisotopic (exact) mass is 381 g/mol. The number of nitrogen functional groups attached to an aromatic ring is 1.